The molecule has 64 valence electrons. The normalized spacial score (nSPS) is 8.75. The standard InChI is InChI=1S/C7H6N2.C3H6.H2/c1-2-4-7-6(3-1)8-5-9-7;1-3-2;/h1-5H,(H,8,9);3H,1H2,2H3;1H. The minimum absolute atomic E-state index is 0. The van der Waals surface area contributed by atoms with E-state index in [1.165, 1.54) is 0 Å². The SMILES string of the molecule is C=CC.[HH].c1ccc2[nH]cnc2c1. The largest absolute Gasteiger partial charge is 0.345 e. The molecule has 0 unspecified atom stereocenters. The molecule has 2 aromatic rings. The van der Waals surface area contributed by atoms with Crippen LogP contribution in [0.1, 0.15) is 8.35 Å². The van der Waals surface area contributed by atoms with Gasteiger partial charge >= 0.3 is 0 Å². The molecule has 2 nitrogen and oxygen atoms in total. The van der Waals surface area contributed by atoms with E-state index in [2.05, 4.69) is 16.5 Å². The second kappa shape index (κ2) is 4.34. The Balaban J connectivity index is 0.000000324. The van der Waals surface area contributed by atoms with Crippen molar-refractivity contribution in [3.8, 4) is 0 Å². The zero-order valence-corrected chi connectivity index (χ0v) is 7.12. The van der Waals surface area contributed by atoms with Crippen LogP contribution in [0.25, 0.3) is 11.0 Å². The van der Waals surface area contributed by atoms with Crippen molar-refractivity contribution in [2.75, 3.05) is 0 Å². The monoisotopic (exact) mass is 162 g/mol. The summed E-state index contributed by atoms with van der Waals surface area (Å²) in [5.41, 5.74) is 2.12. The molecule has 0 aliphatic rings. The number of aromatic amines is 1. The first-order valence-electron chi connectivity index (χ1n) is 3.83. The van der Waals surface area contributed by atoms with Crippen LogP contribution in [0.5, 0.6) is 0 Å². The highest BCUT2D eigenvalue weighted by atomic mass is 14.9. The first-order valence-corrected chi connectivity index (χ1v) is 3.83. The minimum atomic E-state index is 0. The van der Waals surface area contributed by atoms with Crippen molar-refractivity contribution in [1.29, 1.82) is 0 Å². The van der Waals surface area contributed by atoms with Crippen molar-refractivity contribution in [3.63, 3.8) is 0 Å². The Morgan fingerprint density at radius 1 is 1.50 bits per heavy atom. The zero-order chi connectivity index (χ0) is 8.81. The van der Waals surface area contributed by atoms with E-state index in [1.54, 1.807) is 12.4 Å². The number of H-pyrrole nitrogens is 1. The van der Waals surface area contributed by atoms with E-state index in [-0.39, 0.29) is 1.43 Å². The van der Waals surface area contributed by atoms with Crippen LogP contribution in [0, 0.1) is 0 Å². The topological polar surface area (TPSA) is 28.7 Å². The summed E-state index contributed by atoms with van der Waals surface area (Å²) in [4.78, 5) is 7.07. The van der Waals surface area contributed by atoms with E-state index in [0.717, 1.165) is 11.0 Å². The lowest BCUT2D eigenvalue weighted by Gasteiger charge is -1.81. The van der Waals surface area contributed by atoms with Crippen molar-refractivity contribution in [2.24, 2.45) is 0 Å². The van der Waals surface area contributed by atoms with Crippen molar-refractivity contribution in [3.05, 3.63) is 43.2 Å². The summed E-state index contributed by atoms with van der Waals surface area (Å²) < 4.78 is 0. The fraction of sp³-hybridized carbons (Fsp3) is 0.100. The lowest BCUT2D eigenvalue weighted by molar-refractivity contribution is 1.34. The van der Waals surface area contributed by atoms with Gasteiger partial charge in [-0.2, -0.15) is 0 Å². The van der Waals surface area contributed by atoms with Crippen LogP contribution < -0.4 is 0 Å². The van der Waals surface area contributed by atoms with E-state index in [4.69, 9.17) is 0 Å². The molecule has 0 amide bonds. The quantitative estimate of drug-likeness (QED) is 0.593. The third-order valence-electron chi connectivity index (χ3n) is 1.33. The minimum Gasteiger partial charge on any atom is -0.345 e. The Morgan fingerprint density at radius 2 is 2.17 bits per heavy atom. The van der Waals surface area contributed by atoms with Crippen LogP contribution in [-0.4, -0.2) is 9.97 Å². The maximum atomic E-state index is 4.06. The molecule has 2 heteroatoms. The smallest absolute Gasteiger partial charge is 0.0931 e. The number of benzene rings is 1. The highest BCUT2D eigenvalue weighted by Crippen LogP contribution is 2.05. The molecule has 1 aromatic heterocycles. The molecular weight excluding hydrogens is 148 g/mol. The molecule has 0 fully saturated rings. The number of hydrogen-bond donors (Lipinski definition) is 1. The Labute approximate surface area is 73.4 Å². The van der Waals surface area contributed by atoms with Crippen LogP contribution in [0.2, 0.25) is 0 Å². The number of aromatic nitrogens is 2. The summed E-state index contributed by atoms with van der Waals surface area (Å²) in [6.07, 6.45) is 3.45. The Hall–Kier alpha value is -1.57. The number of nitrogens with one attached hydrogen (secondary N) is 1. The van der Waals surface area contributed by atoms with Gasteiger partial charge in [-0.3, -0.25) is 0 Å². The van der Waals surface area contributed by atoms with E-state index >= 15 is 0 Å². The van der Waals surface area contributed by atoms with Gasteiger partial charge in [0.15, 0.2) is 0 Å². The van der Waals surface area contributed by atoms with Crippen LogP contribution >= 0.6 is 0 Å². The lowest BCUT2D eigenvalue weighted by Crippen LogP contribution is -1.63. The molecule has 0 aliphatic carbocycles. The molecule has 0 saturated heterocycles. The fourth-order valence-corrected chi connectivity index (χ4v) is 0.880. The molecule has 0 saturated carbocycles. The lowest BCUT2D eigenvalue weighted by atomic mass is 10.3. The summed E-state index contributed by atoms with van der Waals surface area (Å²) >= 11 is 0. The molecule has 2 rings (SSSR count). The molecule has 1 heterocycles. The molecule has 12 heavy (non-hydrogen) atoms. The first-order chi connectivity index (χ1) is 5.88. The van der Waals surface area contributed by atoms with Crippen LogP contribution in [0.15, 0.2) is 43.2 Å². The molecule has 0 atom stereocenters. The molecular formula is C10H14N2. The average molecular weight is 162 g/mol. The van der Waals surface area contributed by atoms with Gasteiger partial charge in [-0.15, -0.1) is 6.58 Å². The number of fused-ring (bicyclic) bond motifs is 1. The Bertz CT molecular complexity index is 324. The summed E-state index contributed by atoms with van der Waals surface area (Å²) in [5, 5.41) is 0. The fourth-order valence-electron chi connectivity index (χ4n) is 0.880. The van der Waals surface area contributed by atoms with Crippen LogP contribution in [-0.2, 0) is 0 Å². The van der Waals surface area contributed by atoms with E-state index in [9.17, 15) is 0 Å². The molecule has 0 aliphatic heterocycles. The molecule has 0 radical (unpaired) electrons. The second-order valence-corrected chi connectivity index (χ2v) is 2.33. The second-order valence-electron chi connectivity index (χ2n) is 2.33. The summed E-state index contributed by atoms with van der Waals surface area (Å²) in [7, 11) is 0. The summed E-state index contributed by atoms with van der Waals surface area (Å²) in [6, 6.07) is 7.94. The van der Waals surface area contributed by atoms with Crippen molar-refractivity contribution >= 4 is 11.0 Å². The highest BCUT2D eigenvalue weighted by Gasteiger charge is 1.88. The van der Waals surface area contributed by atoms with Gasteiger partial charge in [0.2, 0.25) is 0 Å². The zero-order valence-electron chi connectivity index (χ0n) is 7.12. The number of imidazole rings is 1. The van der Waals surface area contributed by atoms with Gasteiger partial charge in [0.05, 0.1) is 17.4 Å². The van der Waals surface area contributed by atoms with Gasteiger partial charge in [0.1, 0.15) is 0 Å². The van der Waals surface area contributed by atoms with Crippen LogP contribution in [0.3, 0.4) is 0 Å². The predicted octanol–water partition coefficient (Wildman–Crippen LogP) is 3.00. The molecule has 0 spiro atoms. The van der Waals surface area contributed by atoms with Gasteiger partial charge in [0, 0.05) is 1.43 Å². The van der Waals surface area contributed by atoms with Crippen LogP contribution in [0.4, 0.5) is 0 Å². The van der Waals surface area contributed by atoms with E-state index in [0.29, 0.717) is 0 Å². The maximum absolute atomic E-state index is 4.06. The highest BCUT2D eigenvalue weighted by molar-refractivity contribution is 5.73. The number of allylic oxidation sites excluding steroid dienone is 1. The van der Waals surface area contributed by atoms with Gasteiger partial charge in [0.25, 0.3) is 0 Å². The summed E-state index contributed by atoms with van der Waals surface area (Å²) in [5.74, 6) is 0. The molecule has 1 N–H and O–H groups in total. The average Bonchev–Trinajstić information content (AvgIpc) is 2.52. The number of para-hydroxylation sites is 2. The van der Waals surface area contributed by atoms with Gasteiger partial charge < -0.3 is 4.98 Å². The first kappa shape index (κ1) is 8.53. The number of nitrogens with zero attached hydrogens (tertiary/aromatic N) is 1. The van der Waals surface area contributed by atoms with Gasteiger partial charge in [-0.1, -0.05) is 18.2 Å². The maximum Gasteiger partial charge on any atom is 0.0931 e. The van der Waals surface area contributed by atoms with E-state index in [1.807, 2.05) is 31.2 Å². The van der Waals surface area contributed by atoms with Gasteiger partial charge in [-0.25, -0.2) is 4.98 Å². The Morgan fingerprint density at radius 3 is 2.83 bits per heavy atom. The van der Waals surface area contributed by atoms with E-state index < -0.39 is 0 Å². The third kappa shape index (κ3) is 1.95. The number of hydrogen-bond acceptors (Lipinski definition) is 1. The van der Waals surface area contributed by atoms with Crippen molar-refractivity contribution in [2.45, 2.75) is 6.92 Å². The van der Waals surface area contributed by atoms with Crippen molar-refractivity contribution in [1.82, 2.24) is 9.97 Å². The predicted molar refractivity (Wildman–Crippen MR) is 54.1 cm³/mol. The van der Waals surface area contributed by atoms with Crippen molar-refractivity contribution < 1.29 is 1.43 Å². The van der Waals surface area contributed by atoms with Gasteiger partial charge in [-0.05, 0) is 19.1 Å². The molecule has 1 aromatic carbocycles. The third-order valence-corrected chi connectivity index (χ3v) is 1.33. The number of rotatable bonds is 0. The Kier molecular flexibility index (Phi) is 3.08. The molecule has 0 bridgehead atoms. The summed E-state index contributed by atoms with van der Waals surface area (Å²) in [6.45, 7) is 5.25.